The van der Waals surface area contributed by atoms with Gasteiger partial charge in [-0.05, 0) is 68.4 Å². The van der Waals surface area contributed by atoms with Gasteiger partial charge in [-0.25, -0.2) is 8.42 Å². The fourth-order valence-corrected chi connectivity index (χ4v) is 4.73. The molecule has 2 aliphatic rings. The van der Waals surface area contributed by atoms with Crippen LogP contribution in [0.3, 0.4) is 0 Å². The topological polar surface area (TPSA) is 37.4 Å². The van der Waals surface area contributed by atoms with E-state index in [4.69, 9.17) is 0 Å². The van der Waals surface area contributed by atoms with Crippen molar-refractivity contribution in [2.45, 2.75) is 44.4 Å². The first-order chi connectivity index (χ1) is 11.5. The quantitative estimate of drug-likeness (QED) is 0.817. The first-order valence-corrected chi connectivity index (χ1v) is 10.1. The van der Waals surface area contributed by atoms with Crippen molar-refractivity contribution in [3.8, 4) is 0 Å². The van der Waals surface area contributed by atoms with Gasteiger partial charge in [-0.3, -0.25) is 0 Å². The minimum absolute atomic E-state index is 0.372. The molecule has 1 heterocycles. The van der Waals surface area contributed by atoms with Crippen molar-refractivity contribution < 1.29 is 8.42 Å². The fourth-order valence-electron chi connectivity index (χ4n) is 3.37. The number of sulfonamides is 1. The van der Waals surface area contributed by atoms with Crippen LogP contribution >= 0.6 is 0 Å². The van der Waals surface area contributed by atoms with Gasteiger partial charge >= 0.3 is 0 Å². The molecule has 1 aromatic rings. The van der Waals surface area contributed by atoms with Crippen molar-refractivity contribution in [1.29, 1.82) is 0 Å². The molecule has 4 heteroatoms. The van der Waals surface area contributed by atoms with Crippen LogP contribution < -0.4 is 0 Å². The Labute approximate surface area is 145 Å². The molecular weight excluding hydrogens is 318 g/mol. The molecule has 0 fully saturated rings. The molecular formula is C20H25NO2S. The summed E-state index contributed by atoms with van der Waals surface area (Å²) in [6.07, 6.45) is 11.2. The van der Waals surface area contributed by atoms with E-state index in [-0.39, 0.29) is 0 Å². The Bertz CT molecular complexity index is 799. The lowest BCUT2D eigenvalue weighted by Crippen LogP contribution is -2.36. The molecule has 3 rings (SSSR count). The van der Waals surface area contributed by atoms with Crippen LogP contribution in [0.1, 0.15) is 38.2 Å². The largest absolute Gasteiger partial charge is 0.243 e. The Balaban J connectivity index is 1.88. The number of hydrogen-bond donors (Lipinski definition) is 0. The van der Waals surface area contributed by atoms with Crippen molar-refractivity contribution in [3.63, 3.8) is 0 Å². The molecule has 0 unspecified atom stereocenters. The van der Waals surface area contributed by atoms with E-state index in [1.807, 2.05) is 26.0 Å². The van der Waals surface area contributed by atoms with E-state index in [1.165, 1.54) is 24.0 Å². The molecule has 0 aromatic heterocycles. The molecule has 24 heavy (non-hydrogen) atoms. The van der Waals surface area contributed by atoms with Gasteiger partial charge in [-0.2, -0.15) is 4.31 Å². The summed E-state index contributed by atoms with van der Waals surface area (Å²) in [5.74, 6) is 0. The lowest BCUT2D eigenvalue weighted by atomic mass is 9.88. The number of allylic oxidation sites excluding steroid dienone is 3. The highest BCUT2D eigenvalue weighted by atomic mass is 32.2. The summed E-state index contributed by atoms with van der Waals surface area (Å²) >= 11 is 0. The third kappa shape index (κ3) is 3.40. The van der Waals surface area contributed by atoms with Gasteiger partial charge < -0.3 is 0 Å². The zero-order valence-corrected chi connectivity index (χ0v) is 15.3. The van der Waals surface area contributed by atoms with E-state index in [0.29, 0.717) is 18.0 Å². The molecule has 0 radical (unpaired) electrons. The molecule has 1 aromatic carbocycles. The third-order valence-electron chi connectivity index (χ3n) is 4.84. The summed E-state index contributed by atoms with van der Waals surface area (Å²) in [5, 5.41) is 0. The lowest BCUT2D eigenvalue weighted by Gasteiger charge is -2.30. The summed E-state index contributed by atoms with van der Waals surface area (Å²) in [4.78, 5) is 0.372. The van der Waals surface area contributed by atoms with Crippen LogP contribution in [0.2, 0.25) is 0 Å². The van der Waals surface area contributed by atoms with Crippen LogP contribution in [0.25, 0.3) is 0 Å². The zero-order chi connectivity index (χ0) is 17.2. The van der Waals surface area contributed by atoms with E-state index >= 15 is 0 Å². The van der Waals surface area contributed by atoms with Gasteiger partial charge in [-0.15, -0.1) is 0 Å². The Morgan fingerprint density at radius 2 is 1.83 bits per heavy atom. The highest BCUT2D eigenvalue weighted by Gasteiger charge is 2.29. The summed E-state index contributed by atoms with van der Waals surface area (Å²) in [6, 6.07) is 7.09. The number of nitrogens with zero attached hydrogens (tertiary/aromatic N) is 1. The predicted octanol–water partition coefficient (Wildman–Crippen LogP) is 4.37. The van der Waals surface area contributed by atoms with Crippen LogP contribution in [0.15, 0.2) is 64.1 Å². The Hall–Kier alpha value is -1.65. The second-order valence-electron chi connectivity index (χ2n) is 6.52. The van der Waals surface area contributed by atoms with Crippen molar-refractivity contribution in [1.82, 2.24) is 4.31 Å². The minimum atomic E-state index is -3.45. The maximum atomic E-state index is 12.9. The van der Waals surface area contributed by atoms with E-state index in [1.54, 1.807) is 16.4 Å². The molecule has 1 aliphatic heterocycles. The van der Waals surface area contributed by atoms with Gasteiger partial charge in [0.1, 0.15) is 0 Å². The van der Waals surface area contributed by atoms with Gasteiger partial charge in [-0.1, -0.05) is 35.9 Å². The second kappa shape index (κ2) is 7.08. The molecule has 128 valence electrons. The number of rotatable bonds is 3. The van der Waals surface area contributed by atoms with Crippen molar-refractivity contribution in [2.75, 3.05) is 13.1 Å². The monoisotopic (exact) mass is 343 g/mol. The Morgan fingerprint density at radius 1 is 1.08 bits per heavy atom. The molecule has 0 atom stereocenters. The highest BCUT2D eigenvalue weighted by Crippen LogP contribution is 2.32. The van der Waals surface area contributed by atoms with E-state index < -0.39 is 10.0 Å². The van der Waals surface area contributed by atoms with E-state index in [0.717, 1.165) is 24.0 Å². The van der Waals surface area contributed by atoms with Crippen LogP contribution in [-0.2, 0) is 10.0 Å². The molecule has 3 nitrogen and oxygen atoms in total. The molecule has 0 amide bonds. The van der Waals surface area contributed by atoms with Crippen LogP contribution in [-0.4, -0.2) is 25.8 Å². The molecule has 1 aliphatic carbocycles. The standard InChI is InChI=1S/C20H25NO2S/c1-3-17-15-21(14-13-20(17)18-7-5-4-6-8-18)24(22,23)19-11-9-16(2)10-12-19/h3,7,9-13H,4-6,8,14-15H2,1-2H3/b17-3+. The van der Waals surface area contributed by atoms with Gasteiger partial charge in [0.25, 0.3) is 0 Å². The normalized spacial score (nSPS) is 21.5. The maximum absolute atomic E-state index is 12.9. The van der Waals surface area contributed by atoms with Crippen LogP contribution in [0.4, 0.5) is 0 Å². The lowest BCUT2D eigenvalue weighted by molar-refractivity contribution is 0.459. The molecule has 0 N–H and O–H groups in total. The average Bonchev–Trinajstić information content (AvgIpc) is 2.62. The smallest absolute Gasteiger partial charge is 0.207 e. The summed E-state index contributed by atoms with van der Waals surface area (Å²) < 4.78 is 27.4. The van der Waals surface area contributed by atoms with Crippen molar-refractivity contribution in [3.05, 3.63) is 64.8 Å². The number of aryl methyl sites for hydroxylation is 1. The minimum Gasteiger partial charge on any atom is -0.207 e. The third-order valence-corrected chi connectivity index (χ3v) is 6.66. The second-order valence-corrected chi connectivity index (χ2v) is 8.46. The van der Waals surface area contributed by atoms with Gasteiger partial charge in [0.2, 0.25) is 10.0 Å². The summed E-state index contributed by atoms with van der Waals surface area (Å²) in [5.41, 5.74) is 4.83. The number of benzene rings is 1. The maximum Gasteiger partial charge on any atom is 0.243 e. The van der Waals surface area contributed by atoms with Crippen LogP contribution in [0, 0.1) is 6.92 Å². The molecule has 0 saturated heterocycles. The Kier molecular flexibility index (Phi) is 5.07. The van der Waals surface area contributed by atoms with Gasteiger partial charge in [0.05, 0.1) is 4.90 Å². The van der Waals surface area contributed by atoms with Crippen LogP contribution in [0.5, 0.6) is 0 Å². The molecule has 0 saturated carbocycles. The summed E-state index contributed by atoms with van der Waals surface area (Å²) in [6.45, 7) is 4.85. The fraction of sp³-hybridized carbons (Fsp3) is 0.400. The van der Waals surface area contributed by atoms with E-state index in [2.05, 4.69) is 18.2 Å². The first-order valence-electron chi connectivity index (χ1n) is 8.64. The van der Waals surface area contributed by atoms with E-state index in [9.17, 15) is 8.42 Å². The molecule has 0 spiro atoms. The molecule has 0 bridgehead atoms. The van der Waals surface area contributed by atoms with Gasteiger partial charge in [0, 0.05) is 13.1 Å². The average molecular weight is 343 g/mol. The van der Waals surface area contributed by atoms with Crippen molar-refractivity contribution >= 4 is 10.0 Å². The summed E-state index contributed by atoms with van der Waals surface area (Å²) in [7, 11) is -3.45. The Morgan fingerprint density at radius 3 is 2.46 bits per heavy atom. The van der Waals surface area contributed by atoms with Gasteiger partial charge in [0.15, 0.2) is 0 Å². The highest BCUT2D eigenvalue weighted by molar-refractivity contribution is 7.89. The first kappa shape index (κ1) is 17.2. The predicted molar refractivity (Wildman–Crippen MR) is 98.3 cm³/mol. The zero-order valence-electron chi connectivity index (χ0n) is 14.5. The number of hydrogen-bond acceptors (Lipinski definition) is 2. The SMILES string of the molecule is C/C=C1\CN(S(=O)(=O)c2ccc(C)cc2)CC=C1C1=CCCCC1. The van der Waals surface area contributed by atoms with Crippen molar-refractivity contribution in [2.24, 2.45) is 0 Å².